The van der Waals surface area contributed by atoms with Crippen LogP contribution in [0, 0.1) is 0 Å². The SMILES string of the molecule is CCn1cccc(C(=O)N/N=C\c2ccc(OC(C)(C)C)cc2)c1=O. The lowest BCUT2D eigenvalue weighted by atomic mass is 10.2. The number of carbonyl (C=O) groups excluding carboxylic acids is 1. The Bertz CT molecular complexity index is 815. The van der Waals surface area contributed by atoms with Gasteiger partial charge in [0.05, 0.1) is 6.21 Å². The summed E-state index contributed by atoms with van der Waals surface area (Å²) in [6, 6.07) is 10.5. The number of aromatic nitrogens is 1. The molecule has 2 aromatic rings. The van der Waals surface area contributed by atoms with Gasteiger partial charge >= 0.3 is 0 Å². The van der Waals surface area contributed by atoms with E-state index in [1.807, 2.05) is 52.0 Å². The van der Waals surface area contributed by atoms with Gasteiger partial charge in [0.1, 0.15) is 16.9 Å². The Kier molecular flexibility index (Phi) is 5.75. The zero-order valence-corrected chi connectivity index (χ0v) is 14.9. The maximum absolute atomic E-state index is 12.1. The smallest absolute Gasteiger partial charge is 0.276 e. The van der Waals surface area contributed by atoms with Gasteiger partial charge in [-0.1, -0.05) is 0 Å². The van der Waals surface area contributed by atoms with Crippen molar-refractivity contribution in [1.82, 2.24) is 9.99 Å². The van der Waals surface area contributed by atoms with E-state index in [1.54, 1.807) is 12.3 Å². The number of carbonyl (C=O) groups is 1. The zero-order chi connectivity index (χ0) is 18.4. The van der Waals surface area contributed by atoms with Crippen LogP contribution in [0.4, 0.5) is 0 Å². The third-order valence-corrected chi connectivity index (χ3v) is 3.29. The van der Waals surface area contributed by atoms with Crippen LogP contribution in [0.15, 0.2) is 52.5 Å². The number of pyridine rings is 1. The normalized spacial score (nSPS) is 11.5. The number of hydrogen-bond acceptors (Lipinski definition) is 4. The van der Waals surface area contributed by atoms with Crippen LogP contribution >= 0.6 is 0 Å². The van der Waals surface area contributed by atoms with E-state index in [1.165, 1.54) is 16.8 Å². The van der Waals surface area contributed by atoms with E-state index in [-0.39, 0.29) is 16.7 Å². The quantitative estimate of drug-likeness (QED) is 0.671. The van der Waals surface area contributed by atoms with Crippen molar-refractivity contribution in [2.24, 2.45) is 5.10 Å². The van der Waals surface area contributed by atoms with Crippen molar-refractivity contribution in [1.29, 1.82) is 0 Å². The summed E-state index contributed by atoms with van der Waals surface area (Å²) in [5.74, 6) is 0.231. The molecule has 1 aromatic carbocycles. The summed E-state index contributed by atoms with van der Waals surface area (Å²) in [6.07, 6.45) is 3.16. The van der Waals surface area contributed by atoms with Gasteiger partial charge in [-0.15, -0.1) is 0 Å². The molecule has 1 amide bonds. The van der Waals surface area contributed by atoms with Crippen molar-refractivity contribution in [2.45, 2.75) is 39.8 Å². The Balaban J connectivity index is 2.01. The molecule has 25 heavy (non-hydrogen) atoms. The minimum Gasteiger partial charge on any atom is -0.488 e. The van der Waals surface area contributed by atoms with E-state index < -0.39 is 5.91 Å². The van der Waals surface area contributed by atoms with E-state index in [4.69, 9.17) is 4.74 Å². The molecule has 0 fully saturated rings. The second-order valence-electron chi connectivity index (χ2n) is 6.50. The first-order chi connectivity index (χ1) is 11.8. The molecule has 0 saturated carbocycles. The maximum Gasteiger partial charge on any atom is 0.276 e. The van der Waals surface area contributed by atoms with Gasteiger partial charge in [0.2, 0.25) is 0 Å². The fourth-order valence-electron chi connectivity index (χ4n) is 2.16. The predicted molar refractivity (Wildman–Crippen MR) is 98.3 cm³/mol. The predicted octanol–water partition coefficient (Wildman–Crippen LogP) is 2.81. The highest BCUT2D eigenvalue weighted by molar-refractivity contribution is 5.94. The Labute approximate surface area is 147 Å². The van der Waals surface area contributed by atoms with Crippen LogP contribution in [0.5, 0.6) is 5.75 Å². The van der Waals surface area contributed by atoms with Crippen molar-refractivity contribution in [2.75, 3.05) is 0 Å². The van der Waals surface area contributed by atoms with Crippen molar-refractivity contribution in [3.05, 3.63) is 64.1 Å². The van der Waals surface area contributed by atoms with Crippen LogP contribution in [-0.4, -0.2) is 22.3 Å². The molecule has 0 unspecified atom stereocenters. The first-order valence-corrected chi connectivity index (χ1v) is 8.12. The van der Waals surface area contributed by atoms with Gasteiger partial charge in [-0.05, 0) is 69.7 Å². The number of benzene rings is 1. The van der Waals surface area contributed by atoms with Crippen LogP contribution in [0.1, 0.15) is 43.6 Å². The zero-order valence-electron chi connectivity index (χ0n) is 14.9. The molecule has 2 rings (SSSR count). The number of aryl methyl sites for hydroxylation is 1. The molecule has 1 aromatic heterocycles. The average molecular weight is 341 g/mol. The van der Waals surface area contributed by atoms with E-state index in [0.29, 0.717) is 6.54 Å². The number of amides is 1. The standard InChI is InChI=1S/C19H23N3O3/c1-5-22-12-6-7-16(18(22)24)17(23)21-20-13-14-8-10-15(11-9-14)25-19(2,3)4/h6-13H,5H2,1-4H3,(H,21,23)/b20-13-. The fraction of sp³-hybridized carbons (Fsp3) is 0.316. The number of hydrogen-bond donors (Lipinski definition) is 1. The molecule has 0 aliphatic rings. The van der Waals surface area contributed by atoms with Crippen molar-refractivity contribution in [3.63, 3.8) is 0 Å². The highest BCUT2D eigenvalue weighted by atomic mass is 16.5. The molecular weight excluding hydrogens is 318 g/mol. The summed E-state index contributed by atoms with van der Waals surface area (Å²) >= 11 is 0. The maximum atomic E-state index is 12.1. The lowest BCUT2D eigenvalue weighted by Gasteiger charge is -2.21. The summed E-state index contributed by atoms with van der Waals surface area (Å²) in [4.78, 5) is 24.1. The molecule has 6 nitrogen and oxygen atoms in total. The number of rotatable bonds is 5. The van der Waals surface area contributed by atoms with Gasteiger partial charge in [-0.25, -0.2) is 5.43 Å². The first-order valence-electron chi connectivity index (χ1n) is 8.12. The molecule has 6 heteroatoms. The monoisotopic (exact) mass is 341 g/mol. The van der Waals surface area contributed by atoms with E-state index in [2.05, 4.69) is 10.5 Å². The number of nitrogens with one attached hydrogen (secondary N) is 1. The molecule has 0 spiro atoms. The molecule has 1 N–H and O–H groups in total. The molecule has 1 heterocycles. The van der Waals surface area contributed by atoms with Crippen LogP contribution in [0.2, 0.25) is 0 Å². The van der Waals surface area contributed by atoms with Crippen LogP contribution in [-0.2, 0) is 6.54 Å². The third-order valence-electron chi connectivity index (χ3n) is 3.29. The van der Waals surface area contributed by atoms with Gasteiger partial charge in [0.15, 0.2) is 0 Å². The van der Waals surface area contributed by atoms with Gasteiger partial charge in [-0.3, -0.25) is 9.59 Å². The number of ether oxygens (including phenoxy) is 1. The summed E-state index contributed by atoms with van der Waals surface area (Å²) < 4.78 is 7.21. The molecule has 0 bridgehead atoms. The molecule has 132 valence electrons. The molecule has 0 atom stereocenters. The second-order valence-corrected chi connectivity index (χ2v) is 6.50. The van der Waals surface area contributed by atoms with Crippen molar-refractivity contribution in [3.8, 4) is 5.75 Å². The molecule has 0 aliphatic heterocycles. The van der Waals surface area contributed by atoms with Gasteiger partial charge in [-0.2, -0.15) is 5.10 Å². The van der Waals surface area contributed by atoms with E-state index in [9.17, 15) is 9.59 Å². The lowest BCUT2D eigenvalue weighted by Crippen LogP contribution is -2.30. The molecule has 0 saturated heterocycles. The lowest BCUT2D eigenvalue weighted by molar-refractivity contribution is 0.0953. The van der Waals surface area contributed by atoms with Crippen LogP contribution < -0.4 is 15.7 Å². The van der Waals surface area contributed by atoms with Gasteiger partial charge in [0.25, 0.3) is 11.5 Å². The number of nitrogens with zero attached hydrogens (tertiary/aromatic N) is 2. The molecular formula is C19H23N3O3. The Morgan fingerprint density at radius 1 is 1.24 bits per heavy atom. The third kappa shape index (κ3) is 5.31. The van der Waals surface area contributed by atoms with Crippen molar-refractivity contribution < 1.29 is 9.53 Å². The van der Waals surface area contributed by atoms with E-state index in [0.717, 1.165) is 11.3 Å². The first kappa shape index (κ1) is 18.4. The minimum atomic E-state index is -0.531. The Hall–Kier alpha value is -2.89. The summed E-state index contributed by atoms with van der Waals surface area (Å²) in [5.41, 5.74) is 2.66. The minimum absolute atomic E-state index is 0.0652. The highest BCUT2D eigenvalue weighted by Crippen LogP contribution is 2.17. The second kappa shape index (κ2) is 7.79. The van der Waals surface area contributed by atoms with Crippen molar-refractivity contribution >= 4 is 12.1 Å². The topological polar surface area (TPSA) is 72.7 Å². The highest BCUT2D eigenvalue weighted by Gasteiger charge is 2.12. The summed E-state index contributed by atoms with van der Waals surface area (Å²) in [6.45, 7) is 8.29. The number of hydrazone groups is 1. The summed E-state index contributed by atoms with van der Waals surface area (Å²) in [7, 11) is 0. The average Bonchev–Trinajstić information content (AvgIpc) is 2.55. The van der Waals surface area contributed by atoms with Crippen LogP contribution in [0.3, 0.4) is 0 Å². The Morgan fingerprint density at radius 2 is 1.92 bits per heavy atom. The van der Waals surface area contributed by atoms with Crippen LogP contribution in [0.25, 0.3) is 0 Å². The largest absolute Gasteiger partial charge is 0.488 e. The fourth-order valence-corrected chi connectivity index (χ4v) is 2.16. The van der Waals surface area contributed by atoms with E-state index >= 15 is 0 Å². The Morgan fingerprint density at radius 3 is 2.52 bits per heavy atom. The molecule has 0 radical (unpaired) electrons. The molecule has 0 aliphatic carbocycles. The summed E-state index contributed by atoms with van der Waals surface area (Å²) in [5, 5.41) is 3.91. The van der Waals surface area contributed by atoms with Gasteiger partial charge < -0.3 is 9.30 Å². The van der Waals surface area contributed by atoms with Gasteiger partial charge in [0, 0.05) is 12.7 Å².